The molecule has 2 aromatic heterocycles. The van der Waals surface area contributed by atoms with Gasteiger partial charge in [-0.3, -0.25) is 9.36 Å². The molecule has 5 heteroatoms. The molecule has 0 saturated heterocycles. The molecule has 140 valence electrons. The van der Waals surface area contributed by atoms with Gasteiger partial charge in [0.05, 0.1) is 5.69 Å². The molecule has 0 radical (unpaired) electrons. The predicted octanol–water partition coefficient (Wildman–Crippen LogP) is 4.33. The Hall–Kier alpha value is -2.17. The van der Waals surface area contributed by atoms with Crippen LogP contribution in [0.4, 0.5) is 0 Å². The van der Waals surface area contributed by atoms with Crippen LogP contribution in [0.25, 0.3) is 5.78 Å². The summed E-state index contributed by atoms with van der Waals surface area (Å²) >= 11 is 0. The zero-order chi connectivity index (χ0) is 18.7. The monoisotopic (exact) mass is 354 g/mol. The van der Waals surface area contributed by atoms with Crippen LogP contribution in [0, 0.1) is 6.92 Å². The van der Waals surface area contributed by atoms with Crippen molar-refractivity contribution in [1.82, 2.24) is 19.2 Å². The average Bonchev–Trinajstić information content (AvgIpc) is 3.00. The van der Waals surface area contributed by atoms with Crippen LogP contribution in [0.3, 0.4) is 0 Å². The van der Waals surface area contributed by atoms with Crippen molar-refractivity contribution in [3.05, 3.63) is 51.7 Å². The third-order valence-corrected chi connectivity index (χ3v) is 5.28. The molecule has 2 heterocycles. The Morgan fingerprint density at radius 2 is 2.04 bits per heavy atom. The van der Waals surface area contributed by atoms with E-state index in [2.05, 4.69) is 30.5 Å². The van der Waals surface area contributed by atoms with Gasteiger partial charge in [0.15, 0.2) is 0 Å². The molecule has 1 saturated carbocycles. The van der Waals surface area contributed by atoms with Crippen molar-refractivity contribution < 1.29 is 0 Å². The Balaban J connectivity index is 2.26. The Morgan fingerprint density at radius 1 is 1.31 bits per heavy atom. The van der Waals surface area contributed by atoms with Crippen LogP contribution in [0.15, 0.2) is 29.1 Å². The number of hydrogen-bond acceptors (Lipinski definition) is 3. The van der Waals surface area contributed by atoms with Gasteiger partial charge in [-0.1, -0.05) is 56.9 Å². The first-order valence-electron chi connectivity index (χ1n) is 9.84. The topological polar surface area (TPSA) is 52.2 Å². The van der Waals surface area contributed by atoms with Gasteiger partial charge in [-0.05, 0) is 33.1 Å². The van der Waals surface area contributed by atoms with E-state index in [1.54, 1.807) is 6.08 Å². The Labute approximate surface area is 155 Å². The van der Waals surface area contributed by atoms with Gasteiger partial charge in [0, 0.05) is 18.0 Å². The highest BCUT2D eigenvalue weighted by molar-refractivity contribution is 5.38. The minimum absolute atomic E-state index is 0.122. The Bertz CT molecular complexity index is 882. The van der Waals surface area contributed by atoms with Gasteiger partial charge in [-0.15, -0.1) is 0 Å². The third kappa shape index (κ3) is 3.53. The van der Waals surface area contributed by atoms with Gasteiger partial charge < -0.3 is 0 Å². The van der Waals surface area contributed by atoms with Crippen molar-refractivity contribution in [3.8, 4) is 0 Å². The van der Waals surface area contributed by atoms with Crippen molar-refractivity contribution in [2.75, 3.05) is 0 Å². The van der Waals surface area contributed by atoms with Crippen LogP contribution < -0.4 is 5.56 Å². The first-order chi connectivity index (χ1) is 12.6. The average molecular weight is 354 g/mol. The molecule has 0 atom stereocenters. The third-order valence-electron chi connectivity index (χ3n) is 5.28. The van der Waals surface area contributed by atoms with E-state index in [1.165, 1.54) is 19.3 Å². The van der Waals surface area contributed by atoms with Crippen molar-refractivity contribution >= 4 is 5.78 Å². The number of rotatable bonds is 6. The number of allylic oxidation sites excluding steroid dienone is 3. The number of nitrogens with zero attached hydrogens (tertiary/aromatic N) is 4. The van der Waals surface area contributed by atoms with Gasteiger partial charge in [0.1, 0.15) is 5.82 Å². The molecule has 0 aliphatic heterocycles. The maximum Gasteiger partial charge on any atom is 0.258 e. The summed E-state index contributed by atoms with van der Waals surface area (Å²) in [7, 11) is 0. The molecule has 0 aromatic carbocycles. The fraction of sp³-hybridized carbons (Fsp3) is 0.571. The molecule has 0 unspecified atom stereocenters. The summed E-state index contributed by atoms with van der Waals surface area (Å²) in [5.74, 6) is 1.44. The molecule has 1 aliphatic rings. The second-order valence-electron chi connectivity index (χ2n) is 7.44. The van der Waals surface area contributed by atoms with E-state index in [0.29, 0.717) is 6.42 Å². The summed E-state index contributed by atoms with van der Waals surface area (Å²) in [5, 5.41) is 4.65. The van der Waals surface area contributed by atoms with E-state index in [9.17, 15) is 4.79 Å². The van der Waals surface area contributed by atoms with Gasteiger partial charge in [-0.25, -0.2) is 4.52 Å². The van der Waals surface area contributed by atoms with Gasteiger partial charge >= 0.3 is 0 Å². The molecule has 5 nitrogen and oxygen atoms in total. The summed E-state index contributed by atoms with van der Waals surface area (Å²) in [5.41, 5.74) is 3.14. The highest BCUT2D eigenvalue weighted by Gasteiger charge is 2.25. The summed E-state index contributed by atoms with van der Waals surface area (Å²) < 4.78 is 3.88. The molecule has 0 N–H and O–H groups in total. The zero-order valence-electron chi connectivity index (χ0n) is 16.3. The van der Waals surface area contributed by atoms with Gasteiger partial charge in [0.2, 0.25) is 5.78 Å². The molecule has 0 bridgehead atoms. The lowest BCUT2D eigenvalue weighted by atomic mass is 9.94. The summed E-state index contributed by atoms with van der Waals surface area (Å²) in [6.45, 7) is 9.88. The van der Waals surface area contributed by atoms with Crippen LogP contribution in [0.2, 0.25) is 0 Å². The van der Waals surface area contributed by atoms with E-state index in [-0.39, 0.29) is 11.6 Å². The van der Waals surface area contributed by atoms with E-state index in [4.69, 9.17) is 0 Å². The molecule has 0 spiro atoms. The maximum atomic E-state index is 13.6. The molecule has 2 aromatic rings. The first kappa shape index (κ1) is 18.6. The second kappa shape index (κ2) is 8.02. The molecule has 1 aliphatic carbocycles. The standard InChI is InChI=1S/C21H30N4O/c1-5-10-15(3)14-18-19(11-6-2)25-21(22-16(4)23-25)24(20(18)26)17-12-8-7-9-13-17/h5,10,17H,1,6-9,11-14H2,2-4H3/b15-10+. The molecular formula is C21H30N4O. The van der Waals surface area contributed by atoms with E-state index >= 15 is 0 Å². The molecule has 26 heavy (non-hydrogen) atoms. The minimum atomic E-state index is 0.122. The van der Waals surface area contributed by atoms with Gasteiger partial charge in [0.25, 0.3) is 5.56 Å². The van der Waals surface area contributed by atoms with E-state index in [0.717, 1.165) is 54.1 Å². The van der Waals surface area contributed by atoms with E-state index < -0.39 is 0 Å². The fourth-order valence-electron chi connectivity index (χ4n) is 4.11. The largest absolute Gasteiger partial charge is 0.274 e. The number of fused-ring (bicyclic) bond motifs is 1. The van der Waals surface area contributed by atoms with Crippen LogP contribution in [-0.4, -0.2) is 19.2 Å². The summed E-state index contributed by atoms with van der Waals surface area (Å²) in [6, 6.07) is 0.237. The minimum Gasteiger partial charge on any atom is -0.274 e. The normalized spacial score (nSPS) is 16.3. The molecule has 0 amide bonds. The Morgan fingerprint density at radius 3 is 2.69 bits per heavy atom. The van der Waals surface area contributed by atoms with E-state index in [1.807, 2.05) is 22.1 Å². The zero-order valence-corrected chi connectivity index (χ0v) is 16.3. The number of aromatic nitrogens is 4. The lowest BCUT2D eigenvalue weighted by Gasteiger charge is -2.25. The molecular weight excluding hydrogens is 324 g/mol. The maximum absolute atomic E-state index is 13.6. The number of aryl methyl sites for hydroxylation is 2. The lowest BCUT2D eigenvalue weighted by molar-refractivity contribution is 0.348. The SMILES string of the molecule is C=C/C=C(\C)Cc1c(CCC)n2nc(C)nc2n(C2CCCCC2)c1=O. The number of hydrogen-bond donors (Lipinski definition) is 0. The quantitative estimate of drug-likeness (QED) is 0.726. The summed E-state index contributed by atoms with van der Waals surface area (Å²) in [6.07, 6.45) is 11.9. The highest BCUT2D eigenvalue weighted by atomic mass is 16.1. The van der Waals surface area contributed by atoms with Crippen molar-refractivity contribution in [3.63, 3.8) is 0 Å². The van der Waals surface area contributed by atoms with Crippen molar-refractivity contribution in [2.24, 2.45) is 0 Å². The molecule has 3 rings (SSSR count). The molecule has 1 fully saturated rings. The first-order valence-corrected chi connectivity index (χ1v) is 9.84. The fourth-order valence-corrected chi connectivity index (χ4v) is 4.11. The van der Waals surface area contributed by atoms with Crippen molar-refractivity contribution in [1.29, 1.82) is 0 Å². The predicted molar refractivity (Wildman–Crippen MR) is 106 cm³/mol. The Kier molecular flexibility index (Phi) is 5.74. The van der Waals surface area contributed by atoms with Crippen LogP contribution >= 0.6 is 0 Å². The highest BCUT2D eigenvalue weighted by Crippen LogP contribution is 2.29. The summed E-state index contributed by atoms with van der Waals surface area (Å²) in [4.78, 5) is 18.2. The van der Waals surface area contributed by atoms with Crippen LogP contribution in [0.5, 0.6) is 0 Å². The van der Waals surface area contributed by atoms with Crippen LogP contribution in [0.1, 0.15) is 75.5 Å². The lowest BCUT2D eigenvalue weighted by Crippen LogP contribution is -2.33. The van der Waals surface area contributed by atoms with Crippen LogP contribution in [-0.2, 0) is 12.8 Å². The van der Waals surface area contributed by atoms with Crippen molar-refractivity contribution in [2.45, 2.75) is 78.2 Å². The smallest absolute Gasteiger partial charge is 0.258 e. The second-order valence-corrected chi connectivity index (χ2v) is 7.44. The van der Waals surface area contributed by atoms with Gasteiger partial charge in [-0.2, -0.15) is 10.1 Å².